The fraction of sp³-hybridized carbons (Fsp3) is 0. The number of furan rings is 1. The van der Waals surface area contributed by atoms with Crippen LogP contribution in [-0.2, 0) is 0 Å². The predicted octanol–water partition coefficient (Wildman–Crippen LogP) is 16.4. The lowest BCUT2D eigenvalue weighted by atomic mass is 9.96. The molecule has 0 unspecified atom stereocenters. The van der Waals surface area contributed by atoms with E-state index in [9.17, 15) is 0 Å². The molecular formula is C58H39N3O. The van der Waals surface area contributed by atoms with E-state index in [4.69, 9.17) is 4.42 Å². The van der Waals surface area contributed by atoms with Gasteiger partial charge in [-0.2, -0.15) is 0 Å². The molecule has 12 rings (SSSR count). The molecule has 0 atom stereocenters. The van der Waals surface area contributed by atoms with E-state index < -0.39 is 0 Å². The van der Waals surface area contributed by atoms with Crippen molar-refractivity contribution in [2.75, 3.05) is 9.80 Å². The highest BCUT2D eigenvalue weighted by molar-refractivity contribution is 6.13. The Kier molecular flexibility index (Phi) is 8.46. The van der Waals surface area contributed by atoms with Gasteiger partial charge in [-0.25, -0.2) is 0 Å². The van der Waals surface area contributed by atoms with Crippen molar-refractivity contribution >= 4 is 88.6 Å². The largest absolute Gasteiger partial charge is 0.454 e. The second kappa shape index (κ2) is 14.7. The summed E-state index contributed by atoms with van der Waals surface area (Å²) >= 11 is 0. The third kappa shape index (κ3) is 5.84. The molecular weight excluding hydrogens is 755 g/mol. The molecule has 12 aromatic rings. The minimum atomic E-state index is 0.866. The van der Waals surface area contributed by atoms with Crippen molar-refractivity contribution in [1.29, 1.82) is 0 Å². The molecule has 2 heterocycles. The molecule has 0 aliphatic rings. The van der Waals surface area contributed by atoms with Crippen LogP contribution >= 0.6 is 0 Å². The lowest BCUT2D eigenvalue weighted by molar-refractivity contribution is 0.669. The highest BCUT2D eigenvalue weighted by Gasteiger charge is 2.22. The first-order valence-corrected chi connectivity index (χ1v) is 21.1. The Morgan fingerprint density at radius 2 is 0.887 bits per heavy atom. The number of nitrogens with zero attached hydrogens (tertiary/aromatic N) is 3. The first-order valence-electron chi connectivity index (χ1n) is 21.1. The Hall–Kier alpha value is -8.34. The van der Waals surface area contributed by atoms with Gasteiger partial charge in [0.2, 0.25) is 0 Å². The molecule has 0 saturated carbocycles. The molecule has 10 aromatic carbocycles. The molecule has 0 spiro atoms. The number of rotatable bonds is 8. The van der Waals surface area contributed by atoms with Crippen molar-refractivity contribution in [1.82, 2.24) is 4.57 Å². The number of hydrogen-bond acceptors (Lipinski definition) is 3. The van der Waals surface area contributed by atoms with Crippen LogP contribution in [0.1, 0.15) is 0 Å². The van der Waals surface area contributed by atoms with Gasteiger partial charge in [0, 0.05) is 55.4 Å². The summed E-state index contributed by atoms with van der Waals surface area (Å²) in [5.74, 6) is 0. The van der Waals surface area contributed by atoms with E-state index in [2.05, 4.69) is 239 Å². The Balaban J connectivity index is 0.974. The van der Waals surface area contributed by atoms with Gasteiger partial charge in [0.05, 0.1) is 22.4 Å². The van der Waals surface area contributed by atoms with Gasteiger partial charge in [0.1, 0.15) is 5.58 Å². The second-order valence-electron chi connectivity index (χ2n) is 15.7. The molecule has 0 fully saturated rings. The zero-order chi connectivity index (χ0) is 41.0. The van der Waals surface area contributed by atoms with E-state index in [-0.39, 0.29) is 0 Å². The van der Waals surface area contributed by atoms with E-state index >= 15 is 0 Å². The molecule has 0 N–H and O–H groups in total. The van der Waals surface area contributed by atoms with Crippen molar-refractivity contribution in [2.24, 2.45) is 0 Å². The van der Waals surface area contributed by atoms with Gasteiger partial charge in [-0.05, 0) is 108 Å². The van der Waals surface area contributed by atoms with E-state index in [0.29, 0.717) is 0 Å². The molecule has 62 heavy (non-hydrogen) atoms. The first kappa shape index (κ1) is 35.6. The Morgan fingerprint density at radius 1 is 0.323 bits per heavy atom. The van der Waals surface area contributed by atoms with Gasteiger partial charge < -0.3 is 18.8 Å². The second-order valence-corrected chi connectivity index (χ2v) is 15.7. The standard InChI is InChI=1S/C58H39N3O/c1-4-17-41(18-5-1)59(45-35-37-55-52(39-45)49-25-12-14-28-53(49)60(55)42-19-6-2-7-20-42)44-33-31-40(32-34-44)46-36-38-54(48-24-11-10-23-47(46)48)61(43-21-8-3-9-22-43)56-29-16-27-51-50-26-13-15-30-57(50)62-58(51)56/h1-39H. The lowest BCUT2D eigenvalue weighted by Gasteiger charge is -2.27. The summed E-state index contributed by atoms with van der Waals surface area (Å²) in [5, 5.41) is 6.99. The third-order valence-electron chi connectivity index (χ3n) is 12.2. The monoisotopic (exact) mass is 793 g/mol. The normalized spacial score (nSPS) is 11.5. The smallest absolute Gasteiger partial charge is 0.159 e. The predicted molar refractivity (Wildman–Crippen MR) is 260 cm³/mol. The summed E-state index contributed by atoms with van der Waals surface area (Å²) in [6.07, 6.45) is 0. The molecule has 0 bridgehead atoms. The van der Waals surface area contributed by atoms with Crippen molar-refractivity contribution in [3.63, 3.8) is 0 Å². The van der Waals surface area contributed by atoms with Gasteiger partial charge in [0.15, 0.2) is 5.58 Å². The van der Waals surface area contributed by atoms with E-state index in [0.717, 1.165) is 72.7 Å². The number of fused-ring (bicyclic) bond motifs is 7. The van der Waals surface area contributed by atoms with Gasteiger partial charge in [-0.1, -0.05) is 146 Å². The molecule has 292 valence electrons. The van der Waals surface area contributed by atoms with Gasteiger partial charge in [-0.15, -0.1) is 0 Å². The highest BCUT2D eigenvalue weighted by atomic mass is 16.3. The highest BCUT2D eigenvalue weighted by Crippen LogP contribution is 2.46. The average molecular weight is 794 g/mol. The maximum atomic E-state index is 6.62. The van der Waals surface area contributed by atoms with Crippen LogP contribution < -0.4 is 9.80 Å². The molecule has 2 aromatic heterocycles. The topological polar surface area (TPSA) is 24.6 Å². The zero-order valence-electron chi connectivity index (χ0n) is 33.8. The van der Waals surface area contributed by atoms with Crippen LogP contribution in [-0.4, -0.2) is 4.57 Å². The summed E-state index contributed by atoms with van der Waals surface area (Å²) in [6.45, 7) is 0. The Morgan fingerprint density at radius 3 is 1.65 bits per heavy atom. The number of para-hydroxylation sites is 6. The first-order chi connectivity index (χ1) is 30.8. The Labute approximate surface area is 359 Å². The summed E-state index contributed by atoms with van der Waals surface area (Å²) in [7, 11) is 0. The molecule has 0 amide bonds. The molecule has 0 radical (unpaired) electrons. The minimum absolute atomic E-state index is 0.866. The third-order valence-corrected chi connectivity index (χ3v) is 12.2. The fourth-order valence-corrected chi connectivity index (χ4v) is 9.39. The van der Waals surface area contributed by atoms with Crippen molar-refractivity contribution in [3.05, 3.63) is 237 Å². The zero-order valence-corrected chi connectivity index (χ0v) is 33.8. The van der Waals surface area contributed by atoms with Crippen LogP contribution in [0.15, 0.2) is 241 Å². The van der Waals surface area contributed by atoms with Crippen molar-refractivity contribution in [3.8, 4) is 16.8 Å². The van der Waals surface area contributed by atoms with Crippen LogP contribution in [0, 0.1) is 0 Å². The molecule has 0 aliphatic carbocycles. The van der Waals surface area contributed by atoms with Gasteiger partial charge >= 0.3 is 0 Å². The summed E-state index contributed by atoms with van der Waals surface area (Å²) < 4.78 is 8.98. The van der Waals surface area contributed by atoms with Crippen LogP contribution in [0.4, 0.5) is 34.1 Å². The van der Waals surface area contributed by atoms with Crippen LogP contribution in [0.3, 0.4) is 0 Å². The quantitative estimate of drug-likeness (QED) is 0.153. The molecule has 0 saturated heterocycles. The average Bonchev–Trinajstić information content (AvgIpc) is 3.89. The maximum Gasteiger partial charge on any atom is 0.159 e. The number of anilines is 6. The summed E-state index contributed by atoms with van der Waals surface area (Å²) in [4.78, 5) is 4.70. The number of benzene rings is 10. The fourth-order valence-electron chi connectivity index (χ4n) is 9.39. The Bertz CT molecular complexity index is 3570. The van der Waals surface area contributed by atoms with E-state index in [1.54, 1.807) is 0 Å². The minimum Gasteiger partial charge on any atom is -0.454 e. The van der Waals surface area contributed by atoms with Gasteiger partial charge in [-0.3, -0.25) is 0 Å². The van der Waals surface area contributed by atoms with E-state index in [1.165, 1.54) is 32.8 Å². The summed E-state index contributed by atoms with van der Waals surface area (Å²) in [5.41, 5.74) is 14.0. The van der Waals surface area contributed by atoms with Gasteiger partial charge in [0.25, 0.3) is 0 Å². The maximum absolute atomic E-state index is 6.62. The van der Waals surface area contributed by atoms with Crippen LogP contribution in [0.25, 0.3) is 71.3 Å². The van der Waals surface area contributed by atoms with Crippen molar-refractivity contribution < 1.29 is 4.42 Å². The summed E-state index contributed by atoms with van der Waals surface area (Å²) in [6, 6.07) is 84.5. The number of aromatic nitrogens is 1. The van der Waals surface area contributed by atoms with Crippen LogP contribution in [0.5, 0.6) is 0 Å². The van der Waals surface area contributed by atoms with Crippen LogP contribution in [0.2, 0.25) is 0 Å². The number of hydrogen-bond donors (Lipinski definition) is 0. The molecule has 4 nitrogen and oxygen atoms in total. The molecule has 4 heteroatoms. The molecule has 0 aliphatic heterocycles. The van der Waals surface area contributed by atoms with Crippen molar-refractivity contribution in [2.45, 2.75) is 0 Å². The van der Waals surface area contributed by atoms with E-state index in [1.807, 2.05) is 12.1 Å². The lowest BCUT2D eigenvalue weighted by Crippen LogP contribution is -2.11. The SMILES string of the molecule is c1ccc(N(c2ccc(-c3ccc(N(c4ccccc4)c4cccc5c4oc4ccccc45)c4ccccc34)cc2)c2ccc3c(c2)c2ccccc2n3-c2ccccc2)cc1.